The third-order valence-corrected chi connectivity index (χ3v) is 2.75. The molecule has 17 heavy (non-hydrogen) atoms. The minimum absolute atomic E-state index is 0.0613. The van der Waals surface area contributed by atoms with E-state index in [1.165, 1.54) is 12.3 Å². The van der Waals surface area contributed by atoms with Crippen LogP contribution in [-0.4, -0.2) is 41.3 Å². The number of pyridine rings is 1. The Morgan fingerprint density at radius 3 is 2.88 bits per heavy atom. The molecular weight excluding hydrogens is 220 g/mol. The van der Waals surface area contributed by atoms with Crippen LogP contribution in [0.3, 0.4) is 0 Å². The zero-order valence-electron chi connectivity index (χ0n) is 9.51. The number of nitrogen functional groups attached to an aromatic ring is 1. The maximum absolute atomic E-state index is 11.8. The summed E-state index contributed by atoms with van der Waals surface area (Å²) < 4.78 is 0. The van der Waals surface area contributed by atoms with E-state index in [-0.39, 0.29) is 17.5 Å². The average molecular weight is 234 g/mol. The van der Waals surface area contributed by atoms with Gasteiger partial charge in [0.15, 0.2) is 0 Å². The molecule has 1 saturated heterocycles. The van der Waals surface area contributed by atoms with Gasteiger partial charge < -0.3 is 16.0 Å². The first-order valence-electron chi connectivity index (χ1n) is 5.35. The maximum Gasteiger partial charge on any atom is 0.270 e. The van der Waals surface area contributed by atoms with Crippen molar-refractivity contribution in [2.24, 2.45) is 0 Å². The molecule has 2 amide bonds. The molecule has 0 aliphatic carbocycles. The van der Waals surface area contributed by atoms with Crippen LogP contribution >= 0.6 is 0 Å². The van der Waals surface area contributed by atoms with E-state index in [1.807, 2.05) is 0 Å². The fraction of sp³-hybridized carbons (Fsp3) is 0.364. The van der Waals surface area contributed by atoms with Crippen molar-refractivity contribution in [1.82, 2.24) is 15.2 Å². The van der Waals surface area contributed by atoms with Crippen molar-refractivity contribution in [2.45, 2.75) is 12.5 Å². The highest BCUT2D eigenvalue weighted by atomic mass is 16.2. The van der Waals surface area contributed by atoms with Crippen LogP contribution in [0.2, 0.25) is 0 Å². The molecule has 2 rings (SSSR count). The van der Waals surface area contributed by atoms with Gasteiger partial charge in [-0.1, -0.05) is 0 Å². The van der Waals surface area contributed by atoms with Crippen LogP contribution in [0, 0.1) is 0 Å². The number of nitrogens with two attached hydrogens (primary N) is 1. The highest BCUT2D eigenvalue weighted by Gasteiger charge is 2.30. The Balaban J connectivity index is 2.02. The van der Waals surface area contributed by atoms with Gasteiger partial charge in [0.2, 0.25) is 5.91 Å². The van der Waals surface area contributed by atoms with Gasteiger partial charge in [0.1, 0.15) is 11.7 Å². The largest absolute Gasteiger partial charge is 0.397 e. The maximum atomic E-state index is 11.8. The molecule has 0 bridgehead atoms. The second kappa shape index (κ2) is 4.40. The highest BCUT2D eigenvalue weighted by molar-refractivity contribution is 5.96. The van der Waals surface area contributed by atoms with Gasteiger partial charge in [0, 0.05) is 13.6 Å². The number of amides is 2. The standard InChI is InChI=1S/C11H14N4O2/c1-15-5-4-9(11(15)17)14-10(16)8-3-2-7(12)6-13-8/h2-3,6,9H,4-5,12H2,1H3,(H,14,16). The minimum atomic E-state index is -0.438. The van der Waals surface area contributed by atoms with Gasteiger partial charge in [-0.25, -0.2) is 4.98 Å². The minimum Gasteiger partial charge on any atom is -0.397 e. The topological polar surface area (TPSA) is 88.3 Å². The fourth-order valence-electron chi connectivity index (χ4n) is 1.73. The Morgan fingerprint density at radius 2 is 2.35 bits per heavy atom. The zero-order chi connectivity index (χ0) is 12.4. The van der Waals surface area contributed by atoms with E-state index in [0.717, 1.165) is 0 Å². The Morgan fingerprint density at radius 1 is 1.59 bits per heavy atom. The molecule has 0 spiro atoms. The van der Waals surface area contributed by atoms with Gasteiger partial charge in [-0.15, -0.1) is 0 Å². The number of carbonyl (C=O) groups is 2. The van der Waals surface area contributed by atoms with Crippen molar-refractivity contribution in [3.05, 3.63) is 24.0 Å². The van der Waals surface area contributed by atoms with Crippen molar-refractivity contribution < 1.29 is 9.59 Å². The number of nitrogens with zero attached hydrogens (tertiary/aromatic N) is 2. The predicted molar refractivity (Wildman–Crippen MR) is 62.2 cm³/mol. The molecule has 1 aliphatic rings. The molecule has 2 heterocycles. The fourth-order valence-corrected chi connectivity index (χ4v) is 1.73. The monoisotopic (exact) mass is 234 g/mol. The summed E-state index contributed by atoms with van der Waals surface area (Å²) in [5.74, 6) is -0.410. The van der Waals surface area contributed by atoms with Crippen LogP contribution in [0.25, 0.3) is 0 Å². The molecule has 6 heteroatoms. The van der Waals surface area contributed by atoms with Gasteiger partial charge in [0.05, 0.1) is 11.9 Å². The summed E-state index contributed by atoms with van der Waals surface area (Å²) in [5.41, 5.74) is 6.24. The number of rotatable bonds is 2. The SMILES string of the molecule is CN1CCC(NC(=O)c2ccc(N)cn2)C1=O. The van der Waals surface area contributed by atoms with E-state index >= 15 is 0 Å². The Hall–Kier alpha value is -2.11. The number of likely N-dealkylation sites (tertiary alicyclic amines) is 1. The van der Waals surface area contributed by atoms with Crippen LogP contribution in [0.1, 0.15) is 16.9 Å². The number of hydrogen-bond acceptors (Lipinski definition) is 4. The average Bonchev–Trinajstić information content (AvgIpc) is 2.62. The quantitative estimate of drug-likeness (QED) is 0.730. The van der Waals surface area contributed by atoms with Crippen molar-refractivity contribution in [2.75, 3.05) is 19.3 Å². The summed E-state index contributed by atoms with van der Waals surface area (Å²) in [4.78, 5) is 28.9. The second-order valence-corrected chi connectivity index (χ2v) is 4.05. The number of likely N-dealkylation sites (N-methyl/N-ethyl adjacent to an activating group) is 1. The number of nitrogens with one attached hydrogen (secondary N) is 1. The van der Waals surface area contributed by atoms with Gasteiger partial charge in [0.25, 0.3) is 5.91 Å². The van der Waals surface area contributed by atoms with E-state index in [2.05, 4.69) is 10.3 Å². The Kier molecular flexibility index (Phi) is 2.95. The first-order chi connectivity index (χ1) is 8.08. The molecule has 1 aliphatic heterocycles. The summed E-state index contributed by atoms with van der Waals surface area (Å²) in [6, 6.07) is 2.70. The third-order valence-electron chi connectivity index (χ3n) is 2.75. The van der Waals surface area contributed by atoms with E-state index in [9.17, 15) is 9.59 Å². The lowest BCUT2D eigenvalue weighted by Crippen LogP contribution is -2.40. The van der Waals surface area contributed by atoms with E-state index < -0.39 is 6.04 Å². The van der Waals surface area contributed by atoms with Crippen molar-refractivity contribution in [3.8, 4) is 0 Å². The molecule has 3 N–H and O–H groups in total. The van der Waals surface area contributed by atoms with Crippen LogP contribution in [0.5, 0.6) is 0 Å². The molecule has 1 fully saturated rings. The van der Waals surface area contributed by atoms with Gasteiger partial charge in [-0.3, -0.25) is 9.59 Å². The Labute approximate surface area is 98.8 Å². The molecule has 1 aromatic rings. The number of carbonyl (C=O) groups excluding carboxylic acids is 2. The number of hydrogen-bond donors (Lipinski definition) is 2. The van der Waals surface area contributed by atoms with Crippen LogP contribution in [0.15, 0.2) is 18.3 Å². The molecule has 0 radical (unpaired) electrons. The molecule has 6 nitrogen and oxygen atoms in total. The van der Waals surface area contributed by atoms with Crippen LogP contribution in [-0.2, 0) is 4.79 Å². The van der Waals surface area contributed by atoms with Crippen molar-refractivity contribution in [3.63, 3.8) is 0 Å². The predicted octanol–water partition coefficient (Wildman–Crippen LogP) is -0.376. The summed E-state index contributed by atoms with van der Waals surface area (Å²) in [5, 5.41) is 2.66. The van der Waals surface area contributed by atoms with E-state index in [4.69, 9.17) is 5.73 Å². The Bertz CT molecular complexity index is 443. The smallest absolute Gasteiger partial charge is 0.270 e. The van der Waals surface area contributed by atoms with Crippen LogP contribution < -0.4 is 11.1 Å². The molecule has 0 aromatic carbocycles. The van der Waals surface area contributed by atoms with Crippen LogP contribution in [0.4, 0.5) is 5.69 Å². The normalized spacial score (nSPS) is 19.5. The number of aromatic nitrogens is 1. The second-order valence-electron chi connectivity index (χ2n) is 4.05. The first-order valence-corrected chi connectivity index (χ1v) is 5.35. The lowest BCUT2D eigenvalue weighted by molar-refractivity contribution is -0.128. The van der Waals surface area contributed by atoms with Gasteiger partial charge in [-0.2, -0.15) is 0 Å². The molecule has 90 valence electrons. The summed E-state index contributed by atoms with van der Waals surface area (Å²) in [7, 11) is 1.72. The summed E-state index contributed by atoms with van der Waals surface area (Å²) in [6.45, 7) is 0.666. The van der Waals surface area contributed by atoms with Gasteiger partial charge in [-0.05, 0) is 18.6 Å². The van der Waals surface area contributed by atoms with E-state index in [0.29, 0.717) is 18.7 Å². The molecule has 0 saturated carbocycles. The molecular formula is C11H14N4O2. The van der Waals surface area contributed by atoms with Crippen molar-refractivity contribution >= 4 is 17.5 Å². The third kappa shape index (κ3) is 2.35. The number of anilines is 1. The summed E-state index contributed by atoms with van der Waals surface area (Å²) >= 11 is 0. The van der Waals surface area contributed by atoms with E-state index in [1.54, 1.807) is 18.0 Å². The molecule has 1 aromatic heterocycles. The van der Waals surface area contributed by atoms with Crippen molar-refractivity contribution in [1.29, 1.82) is 0 Å². The van der Waals surface area contributed by atoms with Gasteiger partial charge >= 0.3 is 0 Å². The molecule has 1 unspecified atom stereocenters. The zero-order valence-corrected chi connectivity index (χ0v) is 9.51. The lowest BCUT2D eigenvalue weighted by Gasteiger charge is -2.11. The summed E-state index contributed by atoms with van der Waals surface area (Å²) in [6.07, 6.45) is 2.05. The molecule has 1 atom stereocenters. The first kappa shape index (κ1) is 11.4. The lowest BCUT2D eigenvalue weighted by atomic mass is 10.2. The highest BCUT2D eigenvalue weighted by Crippen LogP contribution is 2.09.